The number of hydrogen-bond acceptors (Lipinski definition) is 6. The molecule has 120 valence electrons. The van der Waals surface area contributed by atoms with Gasteiger partial charge in [-0.05, 0) is 31.6 Å². The first-order valence-corrected chi connectivity index (χ1v) is 8.09. The molecule has 3 aliphatic heterocycles. The summed E-state index contributed by atoms with van der Waals surface area (Å²) >= 11 is 0. The summed E-state index contributed by atoms with van der Waals surface area (Å²) in [6.45, 7) is 2.77. The molecule has 0 aromatic carbocycles. The fourth-order valence-corrected chi connectivity index (χ4v) is 3.21. The number of epoxide rings is 3. The highest BCUT2D eigenvalue weighted by Crippen LogP contribution is 2.41. The van der Waals surface area contributed by atoms with Crippen molar-refractivity contribution in [1.29, 1.82) is 0 Å². The van der Waals surface area contributed by atoms with E-state index in [4.69, 9.17) is 23.7 Å². The van der Waals surface area contributed by atoms with Crippen LogP contribution in [0.5, 0.6) is 0 Å². The molecule has 4 fully saturated rings. The Labute approximate surface area is 124 Å². The molecule has 4 rings (SSSR count). The lowest BCUT2D eigenvalue weighted by atomic mass is 9.80. The van der Waals surface area contributed by atoms with Crippen LogP contribution in [0.25, 0.3) is 0 Å². The van der Waals surface area contributed by atoms with Gasteiger partial charge in [0.2, 0.25) is 0 Å². The fourth-order valence-electron chi connectivity index (χ4n) is 3.21. The first-order valence-electron chi connectivity index (χ1n) is 8.09. The van der Waals surface area contributed by atoms with Gasteiger partial charge in [-0.3, -0.25) is 0 Å². The minimum Gasteiger partial charge on any atom is -0.371 e. The monoisotopic (exact) mass is 300 g/mol. The van der Waals surface area contributed by atoms with Crippen LogP contribution < -0.4 is 0 Å². The summed E-state index contributed by atoms with van der Waals surface area (Å²) in [7, 11) is 0. The van der Waals surface area contributed by atoms with Gasteiger partial charge < -0.3 is 28.8 Å². The number of hydrogen-bond donors (Lipinski definition) is 1. The van der Waals surface area contributed by atoms with Crippen LogP contribution in [-0.2, 0) is 23.7 Å². The van der Waals surface area contributed by atoms with E-state index in [-0.39, 0.29) is 24.4 Å². The predicted octanol–water partition coefficient (Wildman–Crippen LogP) is 0.667. The Morgan fingerprint density at radius 2 is 1.67 bits per heavy atom. The van der Waals surface area contributed by atoms with Gasteiger partial charge in [0.15, 0.2) is 12.6 Å². The van der Waals surface area contributed by atoms with E-state index in [2.05, 4.69) is 0 Å². The summed E-state index contributed by atoms with van der Waals surface area (Å²) in [5.41, 5.74) is 0. The van der Waals surface area contributed by atoms with Crippen molar-refractivity contribution in [3.8, 4) is 0 Å². The molecule has 1 N–H and O–H groups in total. The van der Waals surface area contributed by atoms with Gasteiger partial charge in [0.25, 0.3) is 0 Å². The van der Waals surface area contributed by atoms with Crippen molar-refractivity contribution in [3.05, 3.63) is 0 Å². The minimum atomic E-state index is -0.644. The zero-order valence-corrected chi connectivity index (χ0v) is 12.2. The van der Waals surface area contributed by atoms with Crippen molar-refractivity contribution in [1.82, 2.24) is 0 Å². The van der Waals surface area contributed by atoms with Crippen molar-refractivity contribution >= 4 is 0 Å². The van der Waals surface area contributed by atoms with Crippen LogP contribution in [0.4, 0.5) is 0 Å². The Kier molecular flexibility index (Phi) is 4.17. The lowest BCUT2D eigenvalue weighted by molar-refractivity contribution is -0.145. The summed E-state index contributed by atoms with van der Waals surface area (Å²) in [6.07, 6.45) is 4.24. The molecule has 0 bridgehead atoms. The molecular weight excluding hydrogens is 276 g/mol. The largest absolute Gasteiger partial charge is 0.371 e. The molecule has 3 heterocycles. The Balaban J connectivity index is 1.13. The quantitative estimate of drug-likeness (QED) is 0.524. The average Bonchev–Trinajstić information content (AvgIpc) is 3.39. The maximum Gasteiger partial charge on any atom is 0.184 e. The maximum atomic E-state index is 10.0. The van der Waals surface area contributed by atoms with Crippen LogP contribution >= 0.6 is 0 Å². The molecule has 1 aliphatic carbocycles. The third-order valence-corrected chi connectivity index (χ3v) is 4.87. The normalized spacial score (nSPS) is 46.1. The molecule has 0 spiro atoms. The third-order valence-electron chi connectivity index (χ3n) is 4.87. The summed E-state index contributed by atoms with van der Waals surface area (Å²) in [5, 5.41) is 10.0. The van der Waals surface area contributed by atoms with Crippen LogP contribution in [0.2, 0.25) is 0 Å². The highest BCUT2D eigenvalue weighted by molar-refractivity contribution is 4.89. The van der Waals surface area contributed by atoms with E-state index >= 15 is 0 Å². The Morgan fingerprint density at radius 1 is 1.00 bits per heavy atom. The minimum absolute atomic E-state index is 0.0241. The molecule has 3 unspecified atom stereocenters. The second-order valence-electron chi connectivity index (χ2n) is 6.61. The lowest BCUT2D eigenvalue weighted by Crippen LogP contribution is -2.30. The van der Waals surface area contributed by atoms with Crippen LogP contribution in [0.15, 0.2) is 0 Å². The Bertz CT molecular complexity index is 348. The second-order valence-corrected chi connectivity index (χ2v) is 6.61. The van der Waals surface area contributed by atoms with Gasteiger partial charge >= 0.3 is 0 Å². The van der Waals surface area contributed by atoms with Crippen LogP contribution in [-0.4, -0.2) is 62.4 Å². The van der Waals surface area contributed by atoms with Gasteiger partial charge in [0, 0.05) is 5.92 Å². The smallest absolute Gasteiger partial charge is 0.184 e. The number of aliphatic hydroxyl groups is 1. The first-order chi connectivity index (χ1) is 10.3. The lowest BCUT2D eigenvalue weighted by Gasteiger charge is -2.30. The van der Waals surface area contributed by atoms with E-state index in [1.54, 1.807) is 0 Å². The van der Waals surface area contributed by atoms with Crippen molar-refractivity contribution in [2.24, 2.45) is 11.8 Å². The van der Waals surface area contributed by atoms with E-state index in [0.29, 0.717) is 25.2 Å². The van der Waals surface area contributed by atoms with Crippen molar-refractivity contribution in [2.75, 3.05) is 26.4 Å². The topological polar surface area (TPSA) is 76.3 Å². The van der Waals surface area contributed by atoms with E-state index in [1.165, 1.54) is 0 Å². The van der Waals surface area contributed by atoms with Crippen molar-refractivity contribution in [3.63, 3.8) is 0 Å². The van der Waals surface area contributed by atoms with E-state index in [1.807, 2.05) is 0 Å². The molecular formula is C15H24O6. The molecule has 4 aliphatic rings. The maximum absolute atomic E-state index is 10.0. The predicted molar refractivity (Wildman–Crippen MR) is 71.5 cm³/mol. The van der Waals surface area contributed by atoms with Crippen LogP contribution in [0.3, 0.4) is 0 Å². The van der Waals surface area contributed by atoms with Gasteiger partial charge in [-0.15, -0.1) is 0 Å². The van der Waals surface area contributed by atoms with E-state index < -0.39 is 6.29 Å². The molecule has 5 atom stereocenters. The van der Waals surface area contributed by atoms with Crippen molar-refractivity contribution in [2.45, 2.75) is 56.6 Å². The first kappa shape index (κ1) is 14.4. The van der Waals surface area contributed by atoms with Gasteiger partial charge in [-0.2, -0.15) is 0 Å². The highest BCUT2D eigenvalue weighted by Gasteiger charge is 2.48. The molecule has 1 saturated carbocycles. The molecule has 3 saturated heterocycles. The number of ether oxygens (including phenoxy) is 5. The van der Waals surface area contributed by atoms with E-state index in [9.17, 15) is 5.11 Å². The summed E-state index contributed by atoms with van der Waals surface area (Å²) in [5.74, 6) is 0.809. The average molecular weight is 300 g/mol. The third kappa shape index (κ3) is 3.94. The van der Waals surface area contributed by atoms with Gasteiger partial charge in [0.05, 0.1) is 26.4 Å². The Morgan fingerprint density at radius 3 is 2.33 bits per heavy atom. The van der Waals surface area contributed by atoms with Gasteiger partial charge in [-0.25, -0.2) is 0 Å². The molecule has 0 aromatic rings. The van der Waals surface area contributed by atoms with Gasteiger partial charge in [-0.1, -0.05) is 0 Å². The van der Waals surface area contributed by atoms with Crippen LogP contribution in [0, 0.1) is 11.8 Å². The fraction of sp³-hybridized carbons (Fsp3) is 1.00. The van der Waals surface area contributed by atoms with Gasteiger partial charge in [0.1, 0.15) is 18.3 Å². The van der Waals surface area contributed by atoms with Crippen LogP contribution in [0.1, 0.15) is 25.7 Å². The molecule has 6 heteroatoms. The summed E-state index contributed by atoms with van der Waals surface area (Å²) in [4.78, 5) is 0. The standard InChI is InChI=1S/C15H24O6/c16-14(19-7-11-5-17-11)10-3-1-9(2-4-10)13-15(21-13)20-8-12-6-18-12/h9-16H,1-8H2/t9?,10?,11?,12-,13?,14?,15-/m1/s1. The number of rotatable bonds is 8. The summed E-state index contributed by atoms with van der Waals surface area (Å²) < 4.78 is 27.0. The zero-order valence-electron chi connectivity index (χ0n) is 12.2. The van der Waals surface area contributed by atoms with Crippen molar-refractivity contribution < 1.29 is 28.8 Å². The number of aliphatic hydroxyl groups excluding tert-OH is 1. The highest BCUT2D eigenvalue weighted by atomic mass is 16.8. The molecule has 0 radical (unpaired) electrons. The van der Waals surface area contributed by atoms with E-state index in [0.717, 1.165) is 38.9 Å². The Hall–Kier alpha value is -0.240. The zero-order chi connectivity index (χ0) is 14.2. The molecule has 0 amide bonds. The second kappa shape index (κ2) is 6.10. The SMILES string of the molecule is OC(OCC1CO1)C1CCC(C2O[C@H]2OC[C@H]2CO2)CC1. The molecule has 21 heavy (non-hydrogen) atoms. The molecule has 0 aromatic heterocycles. The molecule has 6 nitrogen and oxygen atoms in total. The summed E-state index contributed by atoms with van der Waals surface area (Å²) in [6, 6.07) is 0.